The lowest BCUT2D eigenvalue weighted by Crippen LogP contribution is -2.30. The van der Waals surface area contributed by atoms with Gasteiger partial charge in [-0.1, -0.05) is 36.4 Å². The van der Waals surface area contributed by atoms with Gasteiger partial charge in [-0.25, -0.2) is 10.4 Å². The van der Waals surface area contributed by atoms with Gasteiger partial charge in [0.25, 0.3) is 0 Å². The number of fused-ring (bicyclic) bond motifs is 2. The van der Waals surface area contributed by atoms with E-state index in [0.29, 0.717) is 6.67 Å². The maximum Gasteiger partial charge on any atom is 0.212 e. The highest BCUT2D eigenvalue weighted by Crippen LogP contribution is 2.26. The molecule has 1 heterocycles. The second kappa shape index (κ2) is 8.49. The Morgan fingerprint density at radius 2 is 1.68 bits per heavy atom. The molecule has 0 aliphatic carbocycles. The Morgan fingerprint density at radius 3 is 2.29 bits per heavy atom. The molecular formula is C21H23N7. The molecule has 3 aromatic carbocycles. The Kier molecular flexibility index (Phi) is 5.44. The van der Waals surface area contributed by atoms with Crippen LogP contribution in [-0.2, 0) is 0 Å². The molecule has 7 heteroatoms. The molecule has 4 N–H and O–H groups in total. The van der Waals surface area contributed by atoms with Crippen molar-refractivity contribution in [2.24, 2.45) is 15.2 Å². The fraction of sp³-hybridized carbons (Fsp3) is 0.190. The largest absolute Gasteiger partial charge is 0.353 e. The van der Waals surface area contributed by atoms with E-state index >= 15 is 0 Å². The predicted octanol–water partition coefficient (Wildman–Crippen LogP) is 1.98. The van der Waals surface area contributed by atoms with E-state index in [1.165, 1.54) is 10.8 Å². The number of nitrogens with zero attached hydrogens (tertiary/aromatic N) is 3. The van der Waals surface area contributed by atoms with Gasteiger partial charge in [0.05, 0.1) is 25.6 Å². The second-order valence-corrected chi connectivity index (χ2v) is 6.46. The minimum absolute atomic E-state index is 0.628. The summed E-state index contributed by atoms with van der Waals surface area (Å²) in [6.07, 6.45) is 3.69. The number of hydrogen-bond donors (Lipinski definition) is 4. The van der Waals surface area contributed by atoms with Gasteiger partial charge >= 0.3 is 0 Å². The Labute approximate surface area is 163 Å². The highest BCUT2D eigenvalue weighted by atomic mass is 15.4. The summed E-state index contributed by atoms with van der Waals surface area (Å²) >= 11 is 0. The van der Waals surface area contributed by atoms with E-state index in [9.17, 15) is 0 Å². The van der Waals surface area contributed by atoms with Crippen LogP contribution in [0.3, 0.4) is 0 Å². The van der Waals surface area contributed by atoms with E-state index in [-0.39, 0.29) is 0 Å². The molecule has 0 radical (unpaired) electrons. The molecule has 0 amide bonds. The first-order valence-corrected chi connectivity index (χ1v) is 9.28. The van der Waals surface area contributed by atoms with Gasteiger partial charge < -0.3 is 10.6 Å². The summed E-state index contributed by atoms with van der Waals surface area (Å²) in [5, 5.41) is 19.4. The average Bonchev–Trinajstić information content (AvgIpc) is 3.24. The van der Waals surface area contributed by atoms with Crippen LogP contribution < -0.4 is 21.5 Å². The van der Waals surface area contributed by atoms with Gasteiger partial charge in [-0.15, -0.1) is 0 Å². The Hall–Kier alpha value is -3.45. The molecule has 28 heavy (non-hydrogen) atoms. The first kappa shape index (κ1) is 17.9. The van der Waals surface area contributed by atoms with Crippen molar-refractivity contribution in [1.82, 2.24) is 21.5 Å². The molecule has 0 bridgehead atoms. The van der Waals surface area contributed by atoms with E-state index in [4.69, 9.17) is 0 Å². The summed E-state index contributed by atoms with van der Waals surface area (Å²) in [6, 6.07) is 16.9. The van der Waals surface area contributed by atoms with Crippen LogP contribution in [0.2, 0.25) is 0 Å². The molecule has 3 aromatic rings. The standard InChI is InChI=1S/C21H23N7/c1-22-14-27-25-12-17-6-2-4-15-11-20-16(10-19(15)17)5-3-7-18(20)13-26-28-21-23-8-9-24-21/h2-7,10-13,22,27H,8-9,14H2,1H3,(H2,23,24,28)/b25-12+,26-13+. The van der Waals surface area contributed by atoms with Gasteiger partial charge in [-0.05, 0) is 40.7 Å². The number of nitrogens with one attached hydrogen (secondary N) is 4. The maximum atomic E-state index is 4.33. The van der Waals surface area contributed by atoms with Gasteiger partial charge in [-0.3, -0.25) is 5.43 Å². The predicted molar refractivity (Wildman–Crippen MR) is 117 cm³/mol. The molecule has 0 aromatic heterocycles. The fourth-order valence-electron chi connectivity index (χ4n) is 3.20. The van der Waals surface area contributed by atoms with Crippen molar-refractivity contribution in [3.63, 3.8) is 0 Å². The maximum absolute atomic E-state index is 4.33. The van der Waals surface area contributed by atoms with Crippen LogP contribution >= 0.6 is 0 Å². The lowest BCUT2D eigenvalue weighted by molar-refractivity contribution is 0.666. The summed E-state index contributed by atoms with van der Waals surface area (Å²) in [5.41, 5.74) is 8.05. The third-order valence-corrected chi connectivity index (χ3v) is 4.55. The smallest absolute Gasteiger partial charge is 0.212 e. The molecule has 0 saturated carbocycles. The van der Waals surface area contributed by atoms with Gasteiger partial charge in [-0.2, -0.15) is 10.2 Å². The molecule has 0 spiro atoms. The lowest BCUT2D eigenvalue weighted by atomic mass is 9.97. The quantitative estimate of drug-likeness (QED) is 0.175. The van der Waals surface area contributed by atoms with Crippen LogP contribution in [0, 0.1) is 0 Å². The van der Waals surface area contributed by atoms with Crippen molar-refractivity contribution in [3.05, 3.63) is 59.7 Å². The SMILES string of the molecule is CNCN/N=C/c1cccc2cc3c(/C=N/NC4=NCCN4)cccc3cc12. The third-order valence-electron chi connectivity index (χ3n) is 4.55. The molecule has 0 fully saturated rings. The number of hydrazone groups is 2. The van der Waals surface area contributed by atoms with Crippen LogP contribution in [0.5, 0.6) is 0 Å². The van der Waals surface area contributed by atoms with Gasteiger partial charge in [0.15, 0.2) is 0 Å². The number of rotatable bonds is 6. The zero-order chi connectivity index (χ0) is 19.2. The van der Waals surface area contributed by atoms with Crippen LogP contribution in [0.1, 0.15) is 11.1 Å². The van der Waals surface area contributed by atoms with Gasteiger partial charge in [0.2, 0.25) is 5.96 Å². The molecule has 0 unspecified atom stereocenters. The van der Waals surface area contributed by atoms with Crippen molar-refractivity contribution < 1.29 is 0 Å². The molecule has 142 valence electrons. The number of benzene rings is 3. The van der Waals surface area contributed by atoms with Crippen molar-refractivity contribution in [2.45, 2.75) is 0 Å². The molecule has 7 nitrogen and oxygen atoms in total. The van der Waals surface area contributed by atoms with E-state index < -0.39 is 0 Å². The first-order chi connectivity index (χ1) is 13.8. The summed E-state index contributed by atoms with van der Waals surface area (Å²) in [4.78, 5) is 4.28. The number of aliphatic imine (C=N–C) groups is 1. The highest BCUT2D eigenvalue weighted by Gasteiger charge is 2.05. The minimum atomic E-state index is 0.628. The summed E-state index contributed by atoms with van der Waals surface area (Å²) in [5.74, 6) is 0.720. The Balaban J connectivity index is 1.67. The van der Waals surface area contributed by atoms with E-state index in [1.807, 2.05) is 25.5 Å². The van der Waals surface area contributed by atoms with Crippen LogP contribution in [0.25, 0.3) is 21.5 Å². The van der Waals surface area contributed by atoms with Crippen LogP contribution in [0.4, 0.5) is 0 Å². The van der Waals surface area contributed by atoms with E-state index in [2.05, 4.69) is 79.1 Å². The zero-order valence-electron chi connectivity index (χ0n) is 15.7. The van der Waals surface area contributed by atoms with Gasteiger partial charge in [0, 0.05) is 17.7 Å². The Bertz CT molecular complexity index is 1070. The summed E-state index contributed by atoms with van der Waals surface area (Å²) in [7, 11) is 1.88. The summed E-state index contributed by atoms with van der Waals surface area (Å²) in [6.45, 7) is 2.27. The van der Waals surface area contributed by atoms with Crippen molar-refractivity contribution >= 4 is 39.9 Å². The zero-order valence-corrected chi connectivity index (χ0v) is 15.7. The van der Waals surface area contributed by atoms with E-state index in [1.54, 1.807) is 0 Å². The lowest BCUT2D eigenvalue weighted by Gasteiger charge is -2.08. The van der Waals surface area contributed by atoms with E-state index in [0.717, 1.165) is 40.9 Å². The fourth-order valence-corrected chi connectivity index (χ4v) is 3.20. The van der Waals surface area contributed by atoms with Gasteiger partial charge in [0.1, 0.15) is 0 Å². The first-order valence-electron chi connectivity index (χ1n) is 9.28. The molecule has 0 atom stereocenters. The summed E-state index contributed by atoms with van der Waals surface area (Å²) < 4.78 is 0. The topological polar surface area (TPSA) is 85.2 Å². The molecule has 4 rings (SSSR count). The highest BCUT2D eigenvalue weighted by molar-refractivity contribution is 6.10. The molecular weight excluding hydrogens is 350 g/mol. The molecule has 1 aliphatic heterocycles. The van der Waals surface area contributed by atoms with Crippen LogP contribution in [0.15, 0.2) is 63.7 Å². The molecule has 0 saturated heterocycles. The van der Waals surface area contributed by atoms with Crippen LogP contribution in [-0.4, -0.2) is 45.2 Å². The number of hydrogen-bond acceptors (Lipinski definition) is 7. The minimum Gasteiger partial charge on any atom is -0.353 e. The molecule has 1 aliphatic rings. The second-order valence-electron chi connectivity index (χ2n) is 6.46. The normalized spacial score (nSPS) is 14.1. The van der Waals surface area contributed by atoms with Crippen molar-refractivity contribution in [2.75, 3.05) is 26.8 Å². The van der Waals surface area contributed by atoms with Crippen molar-refractivity contribution in [1.29, 1.82) is 0 Å². The Morgan fingerprint density at radius 1 is 1.00 bits per heavy atom. The monoisotopic (exact) mass is 373 g/mol. The van der Waals surface area contributed by atoms with Crippen molar-refractivity contribution in [3.8, 4) is 0 Å². The number of guanidine groups is 1. The average molecular weight is 373 g/mol. The third kappa shape index (κ3) is 3.94.